The molecule has 0 bridgehead atoms. The first-order valence-corrected chi connectivity index (χ1v) is 8.07. The zero-order chi connectivity index (χ0) is 17.8. The number of benzene rings is 2. The second-order valence-corrected chi connectivity index (χ2v) is 6.05. The van der Waals surface area contributed by atoms with Crippen molar-refractivity contribution in [2.75, 3.05) is 11.4 Å². The van der Waals surface area contributed by atoms with Crippen LogP contribution in [0.5, 0.6) is 0 Å². The standard InChI is InChI=1S/C19H19N3O3/c1-13-7-9-16(10-8-13)22-12-15(11-17(22)23)19(25)21-20-18(24)14-5-3-2-4-6-14/h2-10,15H,11-12H2,1H3,(H,20,24)(H,21,25). The summed E-state index contributed by atoms with van der Waals surface area (Å²) in [5.41, 5.74) is 7.12. The highest BCUT2D eigenvalue weighted by molar-refractivity contribution is 6.01. The van der Waals surface area contributed by atoms with E-state index in [1.165, 1.54) is 0 Å². The van der Waals surface area contributed by atoms with E-state index in [0.717, 1.165) is 11.3 Å². The average Bonchev–Trinajstić information content (AvgIpc) is 3.02. The third kappa shape index (κ3) is 3.85. The number of anilines is 1. The lowest BCUT2D eigenvalue weighted by molar-refractivity contribution is -0.126. The number of carbonyl (C=O) groups excluding carboxylic acids is 3. The van der Waals surface area contributed by atoms with Gasteiger partial charge in [-0.25, -0.2) is 0 Å². The van der Waals surface area contributed by atoms with E-state index >= 15 is 0 Å². The van der Waals surface area contributed by atoms with Crippen molar-refractivity contribution in [3.8, 4) is 0 Å². The molecule has 0 aromatic heterocycles. The van der Waals surface area contributed by atoms with Crippen LogP contribution in [0, 0.1) is 12.8 Å². The number of amides is 3. The smallest absolute Gasteiger partial charge is 0.269 e. The Balaban J connectivity index is 1.57. The zero-order valence-electron chi connectivity index (χ0n) is 13.9. The zero-order valence-corrected chi connectivity index (χ0v) is 13.9. The van der Waals surface area contributed by atoms with Gasteiger partial charge in [-0.3, -0.25) is 25.2 Å². The highest BCUT2D eigenvalue weighted by atomic mass is 16.2. The first-order valence-electron chi connectivity index (χ1n) is 8.07. The highest BCUT2D eigenvalue weighted by Gasteiger charge is 2.35. The van der Waals surface area contributed by atoms with Crippen molar-refractivity contribution in [1.82, 2.24) is 10.9 Å². The number of nitrogens with one attached hydrogen (secondary N) is 2. The van der Waals surface area contributed by atoms with Crippen LogP contribution < -0.4 is 15.8 Å². The minimum atomic E-state index is -0.495. The predicted octanol–water partition coefficient (Wildman–Crippen LogP) is 1.81. The largest absolute Gasteiger partial charge is 0.312 e. The molecular formula is C19H19N3O3. The first kappa shape index (κ1) is 16.7. The van der Waals surface area contributed by atoms with E-state index in [0.29, 0.717) is 12.1 Å². The summed E-state index contributed by atoms with van der Waals surface area (Å²) < 4.78 is 0. The molecule has 0 aliphatic carbocycles. The van der Waals surface area contributed by atoms with Crippen molar-refractivity contribution in [2.45, 2.75) is 13.3 Å². The van der Waals surface area contributed by atoms with Crippen LogP contribution in [0.15, 0.2) is 54.6 Å². The predicted molar refractivity (Wildman–Crippen MR) is 93.7 cm³/mol. The van der Waals surface area contributed by atoms with Crippen molar-refractivity contribution in [3.05, 3.63) is 65.7 Å². The number of nitrogens with zero attached hydrogens (tertiary/aromatic N) is 1. The maximum absolute atomic E-state index is 12.3. The van der Waals surface area contributed by atoms with Gasteiger partial charge in [-0.15, -0.1) is 0 Å². The van der Waals surface area contributed by atoms with Crippen LogP contribution in [0.1, 0.15) is 22.3 Å². The molecule has 1 unspecified atom stereocenters. The molecule has 2 N–H and O–H groups in total. The fraction of sp³-hybridized carbons (Fsp3) is 0.211. The summed E-state index contributed by atoms with van der Waals surface area (Å²) in [5, 5.41) is 0. The second-order valence-electron chi connectivity index (χ2n) is 6.05. The van der Waals surface area contributed by atoms with Gasteiger partial charge in [0.1, 0.15) is 0 Å². The minimum absolute atomic E-state index is 0.0987. The normalized spacial score (nSPS) is 16.6. The third-order valence-electron chi connectivity index (χ3n) is 4.18. The lowest BCUT2D eigenvalue weighted by Gasteiger charge is -2.17. The molecule has 1 fully saturated rings. The van der Waals surface area contributed by atoms with Gasteiger partial charge in [0.25, 0.3) is 5.91 Å². The molecule has 3 rings (SSSR count). The fourth-order valence-electron chi connectivity index (χ4n) is 2.74. The first-order chi connectivity index (χ1) is 12.0. The van der Waals surface area contributed by atoms with Crippen molar-refractivity contribution in [2.24, 2.45) is 5.92 Å². The molecule has 0 spiro atoms. The van der Waals surface area contributed by atoms with E-state index in [4.69, 9.17) is 0 Å². The minimum Gasteiger partial charge on any atom is -0.312 e. The Morgan fingerprint density at radius 1 is 1.00 bits per heavy atom. The number of carbonyl (C=O) groups is 3. The Morgan fingerprint density at radius 2 is 1.68 bits per heavy atom. The Hall–Kier alpha value is -3.15. The summed E-state index contributed by atoms with van der Waals surface area (Å²) in [6, 6.07) is 16.2. The van der Waals surface area contributed by atoms with E-state index in [-0.39, 0.29) is 18.2 Å². The summed E-state index contributed by atoms with van der Waals surface area (Å²) in [4.78, 5) is 38.0. The fourth-order valence-corrected chi connectivity index (χ4v) is 2.74. The number of rotatable bonds is 3. The van der Waals surface area contributed by atoms with Crippen LogP contribution in [0.2, 0.25) is 0 Å². The quantitative estimate of drug-likeness (QED) is 0.839. The molecule has 6 heteroatoms. The van der Waals surface area contributed by atoms with Crippen molar-refractivity contribution >= 4 is 23.4 Å². The van der Waals surface area contributed by atoms with Crippen LogP contribution in [0.3, 0.4) is 0 Å². The van der Waals surface area contributed by atoms with E-state index in [1.807, 2.05) is 31.2 Å². The number of hydrazine groups is 1. The molecule has 2 aromatic rings. The molecule has 1 heterocycles. The lowest BCUT2D eigenvalue weighted by Crippen LogP contribution is -2.45. The van der Waals surface area contributed by atoms with E-state index in [1.54, 1.807) is 35.2 Å². The summed E-state index contributed by atoms with van der Waals surface area (Å²) >= 11 is 0. The van der Waals surface area contributed by atoms with Crippen LogP contribution >= 0.6 is 0 Å². The molecule has 0 radical (unpaired) electrons. The number of aryl methyl sites for hydroxylation is 1. The molecule has 3 amide bonds. The van der Waals surface area contributed by atoms with Gasteiger partial charge in [0.15, 0.2) is 0 Å². The SMILES string of the molecule is Cc1ccc(N2CC(C(=O)NNC(=O)c3ccccc3)CC2=O)cc1. The third-order valence-corrected chi connectivity index (χ3v) is 4.18. The van der Waals surface area contributed by atoms with Gasteiger partial charge in [0.2, 0.25) is 11.8 Å². The van der Waals surface area contributed by atoms with Gasteiger partial charge in [-0.2, -0.15) is 0 Å². The molecule has 1 saturated heterocycles. The van der Waals surface area contributed by atoms with Crippen molar-refractivity contribution in [1.29, 1.82) is 0 Å². The van der Waals surface area contributed by atoms with Gasteiger partial charge in [-0.1, -0.05) is 35.9 Å². The van der Waals surface area contributed by atoms with Crippen LogP contribution in [0.25, 0.3) is 0 Å². The summed E-state index contributed by atoms with van der Waals surface area (Å²) in [5.74, 6) is -1.36. The maximum atomic E-state index is 12.3. The van der Waals surface area contributed by atoms with E-state index in [9.17, 15) is 14.4 Å². The highest BCUT2D eigenvalue weighted by Crippen LogP contribution is 2.25. The summed E-state index contributed by atoms with van der Waals surface area (Å²) in [6.45, 7) is 2.27. The van der Waals surface area contributed by atoms with Crippen LogP contribution in [-0.4, -0.2) is 24.3 Å². The summed E-state index contributed by atoms with van der Waals surface area (Å²) in [6.07, 6.45) is 0.126. The number of hydrogen-bond acceptors (Lipinski definition) is 3. The Morgan fingerprint density at radius 3 is 2.36 bits per heavy atom. The van der Waals surface area contributed by atoms with Crippen molar-refractivity contribution in [3.63, 3.8) is 0 Å². The molecule has 6 nitrogen and oxygen atoms in total. The maximum Gasteiger partial charge on any atom is 0.269 e. The topological polar surface area (TPSA) is 78.5 Å². The van der Waals surface area contributed by atoms with Gasteiger partial charge in [-0.05, 0) is 31.2 Å². The molecule has 25 heavy (non-hydrogen) atoms. The lowest BCUT2D eigenvalue weighted by atomic mass is 10.1. The Kier molecular flexibility index (Phi) is 4.79. The Bertz CT molecular complexity index is 787. The van der Waals surface area contributed by atoms with Crippen molar-refractivity contribution < 1.29 is 14.4 Å². The Labute approximate surface area is 145 Å². The molecule has 1 aliphatic rings. The van der Waals surface area contributed by atoms with Gasteiger partial charge in [0.05, 0.1) is 5.92 Å². The van der Waals surface area contributed by atoms with Gasteiger partial charge in [0, 0.05) is 24.2 Å². The summed E-state index contributed by atoms with van der Waals surface area (Å²) in [7, 11) is 0. The van der Waals surface area contributed by atoms with Crippen LogP contribution in [0.4, 0.5) is 5.69 Å². The van der Waals surface area contributed by atoms with E-state index in [2.05, 4.69) is 10.9 Å². The second kappa shape index (κ2) is 7.17. The molecule has 2 aromatic carbocycles. The molecule has 0 saturated carbocycles. The molecule has 128 valence electrons. The molecule has 1 aliphatic heterocycles. The molecule has 1 atom stereocenters. The van der Waals surface area contributed by atoms with Gasteiger partial charge >= 0.3 is 0 Å². The average molecular weight is 337 g/mol. The molecular weight excluding hydrogens is 318 g/mol. The number of hydrogen-bond donors (Lipinski definition) is 2. The van der Waals surface area contributed by atoms with E-state index < -0.39 is 11.8 Å². The van der Waals surface area contributed by atoms with Gasteiger partial charge < -0.3 is 4.90 Å². The van der Waals surface area contributed by atoms with Crippen LogP contribution in [-0.2, 0) is 9.59 Å². The monoisotopic (exact) mass is 337 g/mol.